The molecular weight excluding hydrogens is 324 g/mol. The highest BCUT2D eigenvalue weighted by Gasteiger charge is 2.38. The van der Waals surface area contributed by atoms with Gasteiger partial charge in [-0.05, 0) is 25.0 Å². The van der Waals surface area contributed by atoms with Crippen LogP contribution in [0.1, 0.15) is 12.8 Å². The first kappa shape index (κ1) is 15.6. The van der Waals surface area contributed by atoms with Crippen molar-refractivity contribution in [2.24, 2.45) is 0 Å². The molecule has 2 aliphatic rings. The summed E-state index contributed by atoms with van der Waals surface area (Å²) in [5.74, 6) is -0.281. The van der Waals surface area contributed by atoms with E-state index >= 15 is 0 Å². The molecule has 130 valence electrons. The van der Waals surface area contributed by atoms with Gasteiger partial charge in [0.2, 0.25) is 5.91 Å². The van der Waals surface area contributed by atoms with Crippen LogP contribution < -0.4 is 0 Å². The molecule has 2 aliphatic heterocycles. The van der Waals surface area contributed by atoms with E-state index in [1.165, 1.54) is 4.90 Å². The van der Waals surface area contributed by atoms with Gasteiger partial charge in [0.1, 0.15) is 6.54 Å². The lowest BCUT2D eigenvalue weighted by molar-refractivity contribution is -0.133. The second kappa shape index (κ2) is 6.19. The number of imide groups is 1. The van der Waals surface area contributed by atoms with Crippen molar-refractivity contribution in [2.45, 2.75) is 25.4 Å². The molecule has 1 aromatic carbocycles. The van der Waals surface area contributed by atoms with Crippen LogP contribution in [0.25, 0.3) is 11.0 Å². The average Bonchev–Trinajstić information content (AvgIpc) is 3.19. The van der Waals surface area contributed by atoms with Crippen LogP contribution in [0.3, 0.4) is 0 Å². The molecular formula is C17H18N4O4. The summed E-state index contributed by atoms with van der Waals surface area (Å²) in [5.41, 5.74) is 1.79. The number of amides is 3. The van der Waals surface area contributed by atoms with Crippen LogP contribution in [-0.2, 0) is 20.9 Å². The topological polar surface area (TPSA) is 84.7 Å². The van der Waals surface area contributed by atoms with Crippen LogP contribution in [-0.4, -0.2) is 63.0 Å². The van der Waals surface area contributed by atoms with Crippen molar-refractivity contribution in [3.8, 4) is 0 Å². The quantitative estimate of drug-likeness (QED) is 0.831. The summed E-state index contributed by atoms with van der Waals surface area (Å²) < 4.78 is 6.60. The largest absolute Gasteiger partial charge is 0.439 e. The predicted molar refractivity (Wildman–Crippen MR) is 87.5 cm³/mol. The summed E-state index contributed by atoms with van der Waals surface area (Å²) in [6, 6.07) is 7.50. The number of ether oxygens (including phenoxy) is 1. The highest BCUT2D eigenvalue weighted by molar-refractivity contribution is 5.98. The molecule has 0 aliphatic carbocycles. The van der Waals surface area contributed by atoms with Crippen LogP contribution in [0.4, 0.5) is 4.79 Å². The summed E-state index contributed by atoms with van der Waals surface area (Å²) >= 11 is 0. The second-order valence-corrected chi connectivity index (χ2v) is 6.29. The van der Waals surface area contributed by atoms with E-state index in [2.05, 4.69) is 4.98 Å². The number of hydrogen-bond donors (Lipinski definition) is 0. The number of rotatable bonds is 3. The van der Waals surface area contributed by atoms with Crippen molar-refractivity contribution in [3.05, 3.63) is 30.6 Å². The van der Waals surface area contributed by atoms with E-state index in [-0.39, 0.29) is 31.0 Å². The smallest absolute Gasteiger partial charge is 0.417 e. The molecule has 0 bridgehead atoms. The number of imidazole rings is 1. The lowest BCUT2D eigenvalue weighted by Crippen LogP contribution is -2.49. The number of carbonyl (C=O) groups is 3. The van der Waals surface area contributed by atoms with E-state index in [1.807, 2.05) is 28.8 Å². The fourth-order valence-electron chi connectivity index (χ4n) is 3.47. The van der Waals surface area contributed by atoms with Crippen LogP contribution in [0, 0.1) is 0 Å². The molecule has 3 amide bonds. The summed E-state index contributed by atoms with van der Waals surface area (Å²) in [7, 11) is 0. The maximum Gasteiger partial charge on any atom is 0.417 e. The first-order valence-corrected chi connectivity index (χ1v) is 8.30. The van der Waals surface area contributed by atoms with E-state index in [0.29, 0.717) is 25.9 Å². The Hall–Kier alpha value is -2.90. The Morgan fingerprint density at radius 1 is 1.20 bits per heavy atom. The summed E-state index contributed by atoms with van der Waals surface area (Å²) in [5, 5.41) is 0. The van der Waals surface area contributed by atoms with Crippen molar-refractivity contribution in [1.29, 1.82) is 0 Å². The predicted octanol–water partition coefficient (Wildman–Crippen LogP) is 1.01. The third-order valence-corrected chi connectivity index (χ3v) is 4.80. The molecule has 0 saturated carbocycles. The van der Waals surface area contributed by atoms with Gasteiger partial charge in [0.05, 0.1) is 17.4 Å². The van der Waals surface area contributed by atoms with Gasteiger partial charge in [0.25, 0.3) is 5.91 Å². The number of carbonyl (C=O) groups excluding carboxylic acids is 3. The first-order valence-electron chi connectivity index (χ1n) is 8.30. The standard InChI is InChI=1S/C17H18N4O4/c22-15(9-20-11-18-13-3-1-2-4-14(13)20)19-7-5-12(6-8-19)21-16(23)10-25-17(21)24/h1-4,11-12H,5-10H2. The SMILES string of the molecule is O=C(Cn1cnc2ccccc21)N1CCC(N2C(=O)COC2=O)CC1. The van der Waals surface area contributed by atoms with Gasteiger partial charge in [0, 0.05) is 19.1 Å². The molecule has 3 heterocycles. The molecule has 8 nitrogen and oxygen atoms in total. The minimum atomic E-state index is -0.570. The molecule has 2 aromatic rings. The van der Waals surface area contributed by atoms with Crippen LogP contribution in [0.2, 0.25) is 0 Å². The summed E-state index contributed by atoms with van der Waals surface area (Å²) in [6.07, 6.45) is 2.27. The first-order chi connectivity index (χ1) is 12.1. The van der Waals surface area contributed by atoms with E-state index < -0.39 is 6.09 Å². The van der Waals surface area contributed by atoms with E-state index in [9.17, 15) is 14.4 Å². The van der Waals surface area contributed by atoms with Gasteiger partial charge in [-0.15, -0.1) is 0 Å². The number of hydrogen-bond acceptors (Lipinski definition) is 5. The lowest BCUT2D eigenvalue weighted by atomic mass is 10.0. The maximum atomic E-state index is 12.6. The summed E-state index contributed by atoms with van der Waals surface area (Å²) in [4.78, 5) is 43.2. The van der Waals surface area contributed by atoms with Crippen molar-refractivity contribution >= 4 is 28.9 Å². The van der Waals surface area contributed by atoms with Gasteiger partial charge in [0.15, 0.2) is 6.61 Å². The van der Waals surface area contributed by atoms with Crippen molar-refractivity contribution in [1.82, 2.24) is 19.4 Å². The van der Waals surface area contributed by atoms with Gasteiger partial charge in [-0.3, -0.25) is 9.59 Å². The van der Waals surface area contributed by atoms with Crippen LogP contribution in [0.5, 0.6) is 0 Å². The van der Waals surface area contributed by atoms with Crippen LogP contribution in [0.15, 0.2) is 30.6 Å². The van der Waals surface area contributed by atoms with Gasteiger partial charge < -0.3 is 14.2 Å². The number of cyclic esters (lactones) is 1. The van der Waals surface area contributed by atoms with Gasteiger partial charge in [-0.2, -0.15) is 0 Å². The Bertz CT molecular complexity index is 822. The molecule has 8 heteroatoms. The molecule has 1 aromatic heterocycles. The third kappa shape index (κ3) is 2.84. The zero-order valence-electron chi connectivity index (χ0n) is 13.6. The van der Waals surface area contributed by atoms with E-state index in [1.54, 1.807) is 11.2 Å². The molecule has 2 fully saturated rings. The number of benzene rings is 1. The van der Waals surface area contributed by atoms with Crippen molar-refractivity contribution in [3.63, 3.8) is 0 Å². The monoisotopic (exact) mass is 342 g/mol. The number of aromatic nitrogens is 2. The molecule has 0 radical (unpaired) electrons. The Balaban J connectivity index is 1.38. The van der Waals surface area contributed by atoms with E-state index in [4.69, 9.17) is 4.74 Å². The lowest BCUT2D eigenvalue weighted by Gasteiger charge is -2.34. The number of piperidine rings is 1. The molecule has 0 atom stereocenters. The number of para-hydroxylation sites is 2. The summed E-state index contributed by atoms with van der Waals surface area (Å²) in [6.45, 7) is 1.10. The highest BCUT2D eigenvalue weighted by Crippen LogP contribution is 2.21. The average molecular weight is 342 g/mol. The van der Waals surface area contributed by atoms with Gasteiger partial charge >= 0.3 is 6.09 Å². The van der Waals surface area contributed by atoms with Crippen molar-refractivity contribution in [2.75, 3.05) is 19.7 Å². The maximum absolute atomic E-state index is 12.6. The molecule has 25 heavy (non-hydrogen) atoms. The van der Waals surface area contributed by atoms with Gasteiger partial charge in [-0.1, -0.05) is 12.1 Å². The van der Waals surface area contributed by atoms with E-state index in [0.717, 1.165) is 11.0 Å². The fourth-order valence-corrected chi connectivity index (χ4v) is 3.47. The fraction of sp³-hybridized carbons (Fsp3) is 0.412. The molecule has 0 unspecified atom stereocenters. The highest BCUT2D eigenvalue weighted by atomic mass is 16.6. The number of likely N-dealkylation sites (tertiary alicyclic amines) is 1. The third-order valence-electron chi connectivity index (χ3n) is 4.80. The minimum absolute atomic E-state index is 0.0110. The Labute approximate surface area is 144 Å². The zero-order chi connectivity index (χ0) is 17.4. The van der Waals surface area contributed by atoms with Crippen LogP contribution >= 0.6 is 0 Å². The molecule has 0 N–H and O–H groups in total. The Morgan fingerprint density at radius 2 is 1.96 bits per heavy atom. The molecule has 4 rings (SSSR count). The molecule has 2 saturated heterocycles. The van der Waals surface area contributed by atoms with Gasteiger partial charge in [-0.25, -0.2) is 14.7 Å². The molecule has 0 spiro atoms. The Morgan fingerprint density at radius 3 is 2.68 bits per heavy atom. The zero-order valence-corrected chi connectivity index (χ0v) is 13.6. The number of nitrogens with zero attached hydrogens (tertiary/aromatic N) is 4. The second-order valence-electron chi connectivity index (χ2n) is 6.29. The minimum Gasteiger partial charge on any atom is -0.439 e. The van der Waals surface area contributed by atoms with Crippen molar-refractivity contribution < 1.29 is 19.1 Å². The number of fused-ring (bicyclic) bond motifs is 1. The Kier molecular flexibility index (Phi) is 3.87. The normalized spacial score (nSPS) is 18.9.